The summed E-state index contributed by atoms with van der Waals surface area (Å²) in [7, 11) is 0. The summed E-state index contributed by atoms with van der Waals surface area (Å²) in [5.74, 6) is 0.242. The lowest BCUT2D eigenvalue weighted by Crippen LogP contribution is -1.87. The Morgan fingerprint density at radius 2 is 1.62 bits per heavy atom. The molecule has 2 aromatic carbocycles. The van der Waals surface area contributed by atoms with Gasteiger partial charge in [-0.05, 0) is 41.8 Å². The molecule has 2 heteroatoms. The largest absolute Gasteiger partial charge is 0.508 e. The normalized spacial score (nSPS) is 10.1. The first-order valence-electron chi connectivity index (χ1n) is 5.06. The second-order valence-corrected chi connectivity index (χ2v) is 3.74. The number of aryl methyl sites for hydroxylation is 1. The molecule has 80 valence electrons. The maximum atomic E-state index is 10.8. The topological polar surface area (TPSA) is 37.3 Å². The molecule has 0 saturated carbocycles. The van der Waals surface area contributed by atoms with Crippen LogP contribution in [0.5, 0.6) is 5.75 Å². The lowest BCUT2D eigenvalue weighted by Gasteiger charge is -2.04. The van der Waals surface area contributed by atoms with Gasteiger partial charge in [-0.1, -0.05) is 24.3 Å². The average Bonchev–Trinajstić information content (AvgIpc) is 2.31. The van der Waals surface area contributed by atoms with E-state index in [-0.39, 0.29) is 5.75 Å². The molecule has 0 amide bonds. The van der Waals surface area contributed by atoms with Gasteiger partial charge in [-0.15, -0.1) is 0 Å². The van der Waals surface area contributed by atoms with Crippen LogP contribution < -0.4 is 0 Å². The molecule has 2 rings (SSSR count). The summed E-state index contributed by atoms with van der Waals surface area (Å²) in [4.78, 5) is 10.8. The van der Waals surface area contributed by atoms with Crippen LogP contribution in [-0.2, 0) is 0 Å². The molecule has 0 radical (unpaired) electrons. The lowest BCUT2D eigenvalue weighted by atomic mass is 10.0. The van der Waals surface area contributed by atoms with Gasteiger partial charge >= 0.3 is 0 Å². The Labute approximate surface area is 94.2 Å². The summed E-state index contributed by atoms with van der Waals surface area (Å²) in [6.07, 6.45) is 0.860. The van der Waals surface area contributed by atoms with E-state index in [4.69, 9.17) is 0 Å². The molecule has 0 atom stereocenters. The maximum Gasteiger partial charge on any atom is 0.150 e. The Balaban J connectivity index is 2.48. The van der Waals surface area contributed by atoms with Crippen molar-refractivity contribution < 1.29 is 9.90 Å². The van der Waals surface area contributed by atoms with Gasteiger partial charge in [-0.2, -0.15) is 0 Å². The van der Waals surface area contributed by atoms with E-state index >= 15 is 0 Å². The number of hydrogen-bond donors (Lipinski definition) is 1. The smallest absolute Gasteiger partial charge is 0.150 e. The predicted octanol–water partition coefficient (Wildman–Crippen LogP) is 3.18. The van der Waals surface area contributed by atoms with Crippen LogP contribution >= 0.6 is 0 Å². The molecular formula is C14H12O2. The van der Waals surface area contributed by atoms with E-state index < -0.39 is 0 Å². The Bertz CT molecular complexity index is 513. The summed E-state index contributed by atoms with van der Waals surface area (Å²) in [5, 5.41) is 9.19. The highest BCUT2D eigenvalue weighted by molar-refractivity contribution is 5.81. The summed E-state index contributed by atoms with van der Waals surface area (Å²) >= 11 is 0. The van der Waals surface area contributed by atoms with Crippen molar-refractivity contribution in [3.8, 4) is 16.9 Å². The highest BCUT2D eigenvalue weighted by atomic mass is 16.3. The molecule has 2 nitrogen and oxygen atoms in total. The fourth-order valence-corrected chi connectivity index (χ4v) is 1.60. The second kappa shape index (κ2) is 4.19. The van der Waals surface area contributed by atoms with Crippen molar-refractivity contribution in [1.29, 1.82) is 0 Å². The van der Waals surface area contributed by atoms with Gasteiger partial charge in [0.15, 0.2) is 0 Å². The van der Waals surface area contributed by atoms with Crippen LogP contribution in [0, 0.1) is 6.92 Å². The van der Waals surface area contributed by atoms with Crippen molar-refractivity contribution in [2.45, 2.75) is 6.92 Å². The second-order valence-electron chi connectivity index (χ2n) is 3.74. The van der Waals surface area contributed by atoms with Crippen LogP contribution in [0.4, 0.5) is 0 Å². The standard InChI is InChI=1S/C14H12O2/c1-10-2-3-12(8-13(10)9-15)11-4-6-14(16)7-5-11/h2-9,16H,1H3. The van der Waals surface area contributed by atoms with Crippen molar-refractivity contribution in [3.05, 3.63) is 53.6 Å². The summed E-state index contributed by atoms with van der Waals surface area (Å²) < 4.78 is 0. The van der Waals surface area contributed by atoms with Gasteiger partial charge in [-0.3, -0.25) is 4.79 Å². The molecule has 16 heavy (non-hydrogen) atoms. The van der Waals surface area contributed by atoms with Crippen LogP contribution in [-0.4, -0.2) is 11.4 Å². The molecule has 1 N–H and O–H groups in total. The molecule has 0 fully saturated rings. The van der Waals surface area contributed by atoms with Crippen LogP contribution in [0.3, 0.4) is 0 Å². The first-order chi connectivity index (χ1) is 7.70. The van der Waals surface area contributed by atoms with Gasteiger partial charge in [0.2, 0.25) is 0 Å². The molecule has 0 aliphatic heterocycles. The maximum absolute atomic E-state index is 10.8. The quantitative estimate of drug-likeness (QED) is 0.776. The number of phenols is 1. The monoisotopic (exact) mass is 212 g/mol. The number of aromatic hydroxyl groups is 1. The van der Waals surface area contributed by atoms with Gasteiger partial charge in [0.25, 0.3) is 0 Å². The Kier molecular flexibility index (Phi) is 2.73. The Hall–Kier alpha value is -2.09. The molecule has 2 aromatic rings. The van der Waals surface area contributed by atoms with Crippen LogP contribution in [0.25, 0.3) is 11.1 Å². The van der Waals surface area contributed by atoms with Gasteiger partial charge in [-0.25, -0.2) is 0 Å². The van der Waals surface area contributed by atoms with Crippen molar-refractivity contribution in [2.24, 2.45) is 0 Å². The van der Waals surface area contributed by atoms with Crippen molar-refractivity contribution in [1.82, 2.24) is 0 Å². The summed E-state index contributed by atoms with van der Waals surface area (Å²) in [6.45, 7) is 1.91. The van der Waals surface area contributed by atoms with E-state index in [2.05, 4.69) is 0 Å². The number of hydrogen-bond acceptors (Lipinski definition) is 2. The number of aldehydes is 1. The van der Waals surface area contributed by atoms with Gasteiger partial charge in [0, 0.05) is 5.56 Å². The molecule has 0 heterocycles. The van der Waals surface area contributed by atoms with Gasteiger partial charge < -0.3 is 5.11 Å². The SMILES string of the molecule is Cc1ccc(-c2ccc(O)cc2)cc1C=O. The number of rotatable bonds is 2. The lowest BCUT2D eigenvalue weighted by molar-refractivity contribution is 0.112. The van der Waals surface area contributed by atoms with E-state index in [0.717, 1.165) is 23.0 Å². The van der Waals surface area contributed by atoms with Crippen LogP contribution in [0.2, 0.25) is 0 Å². The first-order valence-corrected chi connectivity index (χ1v) is 5.06. The Morgan fingerprint density at radius 3 is 2.25 bits per heavy atom. The molecule has 0 aliphatic rings. The summed E-state index contributed by atoms with van der Waals surface area (Å²) in [6, 6.07) is 12.7. The zero-order valence-electron chi connectivity index (χ0n) is 8.97. The van der Waals surface area contributed by atoms with E-state index in [1.54, 1.807) is 12.1 Å². The fraction of sp³-hybridized carbons (Fsp3) is 0.0714. The van der Waals surface area contributed by atoms with Gasteiger partial charge in [0.05, 0.1) is 0 Å². The number of carbonyl (C=O) groups is 1. The van der Waals surface area contributed by atoms with Crippen molar-refractivity contribution in [2.75, 3.05) is 0 Å². The van der Waals surface area contributed by atoms with Crippen LogP contribution in [0.15, 0.2) is 42.5 Å². The third-order valence-corrected chi connectivity index (χ3v) is 2.61. The number of phenolic OH excluding ortho intramolecular Hbond substituents is 1. The zero-order chi connectivity index (χ0) is 11.5. The molecular weight excluding hydrogens is 200 g/mol. The summed E-state index contributed by atoms with van der Waals surface area (Å²) in [5.41, 5.74) is 3.64. The van der Waals surface area contributed by atoms with E-state index in [9.17, 15) is 9.90 Å². The average molecular weight is 212 g/mol. The third-order valence-electron chi connectivity index (χ3n) is 2.61. The molecule has 0 aromatic heterocycles. The van der Waals surface area contributed by atoms with E-state index in [0.29, 0.717) is 5.56 Å². The number of carbonyl (C=O) groups excluding carboxylic acids is 1. The Morgan fingerprint density at radius 1 is 1.00 bits per heavy atom. The molecule has 0 bridgehead atoms. The minimum atomic E-state index is 0.242. The van der Waals surface area contributed by atoms with Crippen molar-refractivity contribution >= 4 is 6.29 Å². The number of benzene rings is 2. The van der Waals surface area contributed by atoms with Crippen molar-refractivity contribution in [3.63, 3.8) is 0 Å². The zero-order valence-corrected chi connectivity index (χ0v) is 8.97. The predicted molar refractivity (Wildman–Crippen MR) is 63.7 cm³/mol. The molecule has 0 spiro atoms. The minimum Gasteiger partial charge on any atom is -0.508 e. The first kappa shape index (κ1) is 10.4. The highest BCUT2D eigenvalue weighted by Crippen LogP contribution is 2.23. The van der Waals surface area contributed by atoms with Crippen LogP contribution in [0.1, 0.15) is 15.9 Å². The minimum absolute atomic E-state index is 0.242. The molecule has 0 unspecified atom stereocenters. The molecule has 0 aliphatic carbocycles. The van der Waals surface area contributed by atoms with E-state index in [1.807, 2.05) is 37.3 Å². The third kappa shape index (κ3) is 1.96. The van der Waals surface area contributed by atoms with E-state index in [1.165, 1.54) is 0 Å². The highest BCUT2D eigenvalue weighted by Gasteiger charge is 2.01. The molecule has 0 saturated heterocycles. The van der Waals surface area contributed by atoms with Gasteiger partial charge in [0.1, 0.15) is 12.0 Å². The fourth-order valence-electron chi connectivity index (χ4n) is 1.60.